The monoisotopic (exact) mass is 364 g/mol. The van der Waals surface area contributed by atoms with E-state index >= 15 is 0 Å². The molecule has 0 aliphatic carbocycles. The Morgan fingerprint density at radius 3 is 2.29 bits per heavy atom. The van der Waals surface area contributed by atoms with Crippen LogP contribution in [-0.2, 0) is 11.0 Å². The number of hydrogen-bond donors (Lipinski definition) is 2. The van der Waals surface area contributed by atoms with Crippen LogP contribution in [0.1, 0.15) is 5.56 Å². The van der Waals surface area contributed by atoms with E-state index < -0.39 is 47.2 Å². The molecule has 0 aromatic heterocycles. The average molecular weight is 365 g/mol. The van der Waals surface area contributed by atoms with Crippen molar-refractivity contribution in [1.29, 1.82) is 0 Å². The lowest BCUT2D eigenvalue weighted by molar-refractivity contribution is -0.137. The molecule has 0 heterocycles. The van der Waals surface area contributed by atoms with Crippen LogP contribution < -0.4 is 10.6 Å². The zero-order valence-electron chi connectivity index (χ0n) is 11.8. The molecule has 0 bridgehead atoms. The summed E-state index contributed by atoms with van der Waals surface area (Å²) < 4.78 is 65.5. The maximum absolute atomic E-state index is 13.4. The van der Waals surface area contributed by atoms with Crippen molar-refractivity contribution in [2.75, 3.05) is 17.2 Å². The smallest absolute Gasteiger partial charge is 0.371 e. The molecule has 24 heavy (non-hydrogen) atoms. The van der Waals surface area contributed by atoms with E-state index in [9.17, 15) is 26.7 Å². The van der Waals surface area contributed by atoms with E-state index in [1.807, 2.05) is 5.32 Å². The number of carbonyl (C=O) groups is 1. The lowest BCUT2D eigenvalue weighted by Gasteiger charge is -2.15. The quantitative estimate of drug-likeness (QED) is 0.773. The van der Waals surface area contributed by atoms with E-state index in [1.54, 1.807) is 0 Å². The van der Waals surface area contributed by atoms with Crippen LogP contribution in [0.4, 0.5) is 33.3 Å². The van der Waals surface area contributed by atoms with Crippen molar-refractivity contribution in [3.05, 3.63) is 58.6 Å². The first-order valence-electron chi connectivity index (χ1n) is 6.53. The van der Waals surface area contributed by atoms with Crippen molar-refractivity contribution in [2.24, 2.45) is 0 Å². The number of hydrogen-bond acceptors (Lipinski definition) is 2. The van der Waals surface area contributed by atoms with Crippen molar-refractivity contribution in [2.45, 2.75) is 6.18 Å². The van der Waals surface area contributed by atoms with Crippen LogP contribution in [-0.4, -0.2) is 12.5 Å². The Hall–Kier alpha value is -2.35. The summed E-state index contributed by atoms with van der Waals surface area (Å²) in [5.74, 6) is -2.76. The van der Waals surface area contributed by atoms with Crippen LogP contribution in [0, 0.1) is 11.6 Å². The molecule has 2 aromatic rings. The minimum Gasteiger partial charge on any atom is -0.371 e. The first kappa shape index (κ1) is 18.0. The van der Waals surface area contributed by atoms with Gasteiger partial charge in [0.2, 0.25) is 5.91 Å². The highest BCUT2D eigenvalue weighted by Crippen LogP contribution is 2.36. The fraction of sp³-hybridized carbons (Fsp3) is 0.133. The molecule has 9 heteroatoms. The second kappa shape index (κ2) is 7.04. The van der Waals surface area contributed by atoms with Gasteiger partial charge < -0.3 is 10.6 Å². The van der Waals surface area contributed by atoms with Crippen molar-refractivity contribution in [3.8, 4) is 0 Å². The molecular formula is C15H10ClF5N2O. The van der Waals surface area contributed by atoms with E-state index in [0.717, 1.165) is 24.3 Å². The Balaban J connectivity index is 2.11. The van der Waals surface area contributed by atoms with E-state index in [-0.39, 0.29) is 5.02 Å². The lowest BCUT2D eigenvalue weighted by Crippen LogP contribution is -2.24. The van der Waals surface area contributed by atoms with Gasteiger partial charge in [-0.3, -0.25) is 4.79 Å². The minimum absolute atomic E-state index is 0.146. The molecule has 0 radical (unpaired) electrons. The van der Waals surface area contributed by atoms with E-state index in [0.29, 0.717) is 6.07 Å². The van der Waals surface area contributed by atoms with Gasteiger partial charge in [0.15, 0.2) is 0 Å². The van der Waals surface area contributed by atoms with Gasteiger partial charge in [-0.05, 0) is 30.3 Å². The van der Waals surface area contributed by atoms with Crippen molar-refractivity contribution in [1.82, 2.24) is 0 Å². The van der Waals surface area contributed by atoms with Crippen LogP contribution in [0.25, 0.3) is 0 Å². The second-order valence-electron chi connectivity index (χ2n) is 4.69. The Morgan fingerprint density at radius 1 is 1.08 bits per heavy atom. The molecule has 2 rings (SSSR count). The Bertz CT molecular complexity index is 744. The number of amides is 1. The first-order chi connectivity index (χ1) is 11.2. The maximum atomic E-state index is 13.4. The summed E-state index contributed by atoms with van der Waals surface area (Å²) in [7, 11) is 0. The Labute approximate surface area is 138 Å². The topological polar surface area (TPSA) is 41.1 Å². The number of benzene rings is 2. The van der Waals surface area contributed by atoms with Crippen LogP contribution >= 0.6 is 11.6 Å². The Morgan fingerprint density at radius 2 is 1.71 bits per heavy atom. The molecule has 128 valence electrons. The summed E-state index contributed by atoms with van der Waals surface area (Å²) in [6.45, 7) is -0.627. The number of halogens is 6. The number of rotatable bonds is 4. The lowest BCUT2D eigenvalue weighted by atomic mass is 10.1. The molecule has 2 aromatic carbocycles. The Kier molecular flexibility index (Phi) is 5.28. The highest BCUT2D eigenvalue weighted by atomic mass is 35.5. The third kappa shape index (κ3) is 4.35. The maximum Gasteiger partial charge on any atom is 0.418 e. The highest BCUT2D eigenvalue weighted by Gasteiger charge is 2.34. The van der Waals surface area contributed by atoms with Crippen LogP contribution in [0.5, 0.6) is 0 Å². The zero-order chi connectivity index (χ0) is 17.9. The number of anilines is 2. The van der Waals surface area contributed by atoms with Gasteiger partial charge in [-0.2, -0.15) is 13.2 Å². The third-order valence-electron chi connectivity index (χ3n) is 2.95. The van der Waals surface area contributed by atoms with E-state index in [1.165, 1.54) is 6.07 Å². The molecule has 0 aliphatic heterocycles. The van der Waals surface area contributed by atoms with Gasteiger partial charge >= 0.3 is 6.18 Å². The molecule has 0 spiro atoms. The minimum atomic E-state index is -4.72. The molecule has 1 amide bonds. The molecule has 0 unspecified atom stereocenters. The SMILES string of the molecule is O=C(CNc1c(F)cccc1F)Nc1ccc(Cl)cc1C(F)(F)F. The van der Waals surface area contributed by atoms with Crippen LogP contribution in [0.3, 0.4) is 0 Å². The summed E-state index contributed by atoms with van der Waals surface area (Å²) in [6.07, 6.45) is -4.72. The van der Waals surface area contributed by atoms with Gasteiger partial charge in [-0.15, -0.1) is 0 Å². The highest BCUT2D eigenvalue weighted by molar-refractivity contribution is 6.30. The third-order valence-corrected chi connectivity index (χ3v) is 3.18. The molecular weight excluding hydrogens is 355 g/mol. The number of para-hydroxylation sites is 1. The van der Waals surface area contributed by atoms with Crippen molar-refractivity contribution >= 4 is 28.9 Å². The van der Waals surface area contributed by atoms with Crippen LogP contribution in [0.15, 0.2) is 36.4 Å². The fourth-order valence-electron chi connectivity index (χ4n) is 1.89. The molecule has 0 saturated carbocycles. The van der Waals surface area contributed by atoms with E-state index in [2.05, 4.69) is 5.32 Å². The molecule has 2 N–H and O–H groups in total. The average Bonchev–Trinajstić information content (AvgIpc) is 2.47. The standard InChI is InChI=1S/C15H10ClF5N2O/c16-8-4-5-12(9(6-8)15(19,20)21)23-13(24)7-22-14-10(17)2-1-3-11(14)18/h1-6,22H,7H2,(H,23,24). The normalized spacial score (nSPS) is 11.2. The summed E-state index contributed by atoms with van der Waals surface area (Å²) in [6, 6.07) is 5.93. The molecule has 0 fully saturated rings. The van der Waals surface area contributed by atoms with Gasteiger partial charge in [0.1, 0.15) is 17.3 Å². The number of alkyl halides is 3. The largest absolute Gasteiger partial charge is 0.418 e. The first-order valence-corrected chi connectivity index (χ1v) is 6.91. The zero-order valence-corrected chi connectivity index (χ0v) is 12.6. The van der Waals surface area contributed by atoms with Crippen molar-refractivity contribution < 1.29 is 26.7 Å². The fourth-order valence-corrected chi connectivity index (χ4v) is 2.06. The van der Waals surface area contributed by atoms with E-state index in [4.69, 9.17) is 11.6 Å². The van der Waals surface area contributed by atoms with Crippen LogP contribution in [0.2, 0.25) is 5.02 Å². The van der Waals surface area contributed by atoms with Gasteiger partial charge in [-0.25, -0.2) is 8.78 Å². The summed E-state index contributed by atoms with van der Waals surface area (Å²) >= 11 is 5.53. The summed E-state index contributed by atoms with van der Waals surface area (Å²) in [4.78, 5) is 11.8. The predicted octanol–water partition coefficient (Wildman–Crippen LogP) is 4.69. The second-order valence-corrected chi connectivity index (χ2v) is 5.12. The van der Waals surface area contributed by atoms with Gasteiger partial charge in [0.25, 0.3) is 0 Å². The predicted molar refractivity (Wildman–Crippen MR) is 79.9 cm³/mol. The summed E-state index contributed by atoms with van der Waals surface area (Å²) in [5, 5.41) is 4.08. The number of carbonyl (C=O) groups excluding carboxylic acids is 1. The molecule has 0 aliphatic rings. The van der Waals surface area contributed by atoms with Gasteiger partial charge in [0, 0.05) is 5.02 Å². The molecule has 0 atom stereocenters. The summed E-state index contributed by atoms with van der Waals surface area (Å²) in [5.41, 5.74) is -2.17. The van der Waals surface area contributed by atoms with Gasteiger partial charge in [0.05, 0.1) is 17.8 Å². The molecule has 3 nitrogen and oxygen atoms in total. The van der Waals surface area contributed by atoms with Crippen molar-refractivity contribution in [3.63, 3.8) is 0 Å². The van der Waals surface area contributed by atoms with Gasteiger partial charge in [-0.1, -0.05) is 17.7 Å². The molecule has 0 saturated heterocycles. The number of nitrogens with one attached hydrogen (secondary N) is 2.